The number of rotatable bonds is 13. The molecule has 0 aromatic heterocycles. The molecule has 43 heavy (non-hydrogen) atoms. The molecule has 0 aliphatic rings. The van der Waals surface area contributed by atoms with E-state index >= 15 is 0 Å². The predicted octanol–water partition coefficient (Wildman–Crippen LogP) is 5.50. The zero-order valence-electron chi connectivity index (χ0n) is 25.7. The number of nitrogens with one attached hydrogen (secondary N) is 1. The van der Waals surface area contributed by atoms with Crippen LogP contribution in [0.5, 0.6) is 11.5 Å². The molecule has 2 atom stereocenters. The number of benzene rings is 3. The van der Waals surface area contributed by atoms with Crippen molar-refractivity contribution >= 4 is 39.1 Å². The number of hydrogen-bond acceptors (Lipinski definition) is 6. The summed E-state index contributed by atoms with van der Waals surface area (Å²) >= 11 is 6.07. The molecule has 2 amide bonds. The summed E-state index contributed by atoms with van der Waals surface area (Å²) in [6, 6.07) is 15.6. The van der Waals surface area contributed by atoms with E-state index in [0.717, 1.165) is 21.0 Å². The minimum atomic E-state index is -4.29. The molecule has 3 rings (SSSR count). The number of anilines is 1. The minimum Gasteiger partial charge on any atom is -0.493 e. The summed E-state index contributed by atoms with van der Waals surface area (Å²) in [4.78, 5) is 28.7. The fraction of sp³-hybridized carbons (Fsp3) is 0.375. The van der Waals surface area contributed by atoms with E-state index in [-0.39, 0.29) is 29.1 Å². The molecule has 11 heteroatoms. The van der Waals surface area contributed by atoms with Crippen molar-refractivity contribution in [3.8, 4) is 11.5 Å². The summed E-state index contributed by atoms with van der Waals surface area (Å²) < 4.78 is 40.2. The number of carbonyl (C=O) groups excluding carboxylic acids is 2. The van der Waals surface area contributed by atoms with E-state index in [9.17, 15) is 18.0 Å². The van der Waals surface area contributed by atoms with Crippen LogP contribution in [0, 0.1) is 13.8 Å². The quantitative estimate of drug-likeness (QED) is 0.268. The Kier molecular flexibility index (Phi) is 11.5. The number of halogens is 1. The third-order valence-corrected chi connectivity index (χ3v) is 9.17. The second-order valence-corrected chi connectivity index (χ2v) is 12.8. The number of nitrogens with zero attached hydrogens (tertiary/aromatic N) is 2. The SMILES string of the molecule is CC[C@H](C)NC(=O)[C@@H](C)N(Cc1ccc(Cl)cc1)C(=O)CN(c1cc(C)cc(C)c1)S(=O)(=O)c1ccc(OC)c(OC)c1. The third kappa shape index (κ3) is 8.42. The molecule has 232 valence electrons. The van der Waals surface area contributed by atoms with E-state index in [1.165, 1.54) is 37.3 Å². The van der Waals surface area contributed by atoms with Gasteiger partial charge in [-0.15, -0.1) is 0 Å². The maximum atomic E-state index is 14.2. The summed E-state index contributed by atoms with van der Waals surface area (Å²) in [6.07, 6.45) is 0.716. The summed E-state index contributed by atoms with van der Waals surface area (Å²) in [5.41, 5.74) is 2.72. The van der Waals surface area contributed by atoms with Crippen molar-refractivity contribution in [2.24, 2.45) is 0 Å². The molecule has 0 aliphatic heterocycles. The molecule has 9 nitrogen and oxygen atoms in total. The molecule has 0 fully saturated rings. The fourth-order valence-corrected chi connectivity index (χ4v) is 6.10. The van der Waals surface area contributed by atoms with Gasteiger partial charge in [-0.25, -0.2) is 8.42 Å². The summed E-state index contributed by atoms with van der Waals surface area (Å²) in [5, 5.41) is 3.46. The van der Waals surface area contributed by atoms with Gasteiger partial charge in [0, 0.05) is 23.7 Å². The van der Waals surface area contributed by atoms with Crippen molar-refractivity contribution in [2.75, 3.05) is 25.1 Å². The molecule has 0 aliphatic carbocycles. The van der Waals surface area contributed by atoms with Crippen LogP contribution in [0.15, 0.2) is 65.6 Å². The molecular weight excluding hydrogens is 590 g/mol. The molecule has 0 spiro atoms. The van der Waals surface area contributed by atoms with Crippen molar-refractivity contribution in [1.82, 2.24) is 10.2 Å². The average molecular weight is 630 g/mol. The van der Waals surface area contributed by atoms with Gasteiger partial charge in [-0.1, -0.05) is 36.7 Å². The van der Waals surface area contributed by atoms with Crippen molar-refractivity contribution in [1.29, 1.82) is 0 Å². The van der Waals surface area contributed by atoms with Crippen LogP contribution in [-0.4, -0.2) is 58.0 Å². The minimum absolute atomic E-state index is 0.0716. The normalized spacial score (nSPS) is 12.7. The summed E-state index contributed by atoms with van der Waals surface area (Å²) in [5.74, 6) is -0.289. The molecule has 0 radical (unpaired) electrons. The van der Waals surface area contributed by atoms with E-state index in [1.54, 1.807) is 43.3 Å². The Bertz CT molecular complexity index is 1520. The highest BCUT2D eigenvalue weighted by Gasteiger charge is 2.33. The first-order valence-corrected chi connectivity index (χ1v) is 15.8. The van der Waals surface area contributed by atoms with Crippen LogP contribution in [-0.2, 0) is 26.2 Å². The standard InChI is InChI=1S/C32H40ClN3O6S/c1-8-23(4)34-32(38)24(5)35(19-25-9-11-26(33)12-10-25)31(37)20-36(27-16-21(2)15-22(3)17-27)43(39,40)28-13-14-29(41-6)30(18-28)42-7/h9-18,23-24H,8,19-20H2,1-7H3,(H,34,38)/t23-,24+/m0/s1. The van der Waals surface area contributed by atoms with Crippen LogP contribution >= 0.6 is 11.6 Å². The molecule has 0 saturated carbocycles. The predicted molar refractivity (Wildman–Crippen MR) is 169 cm³/mol. The van der Waals surface area contributed by atoms with Crippen LogP contribution in [0.1, 0.15) is 43.9 Å². The molecule has 0 unspecified atom stereocenters. The van der Waals surface area contributed by atoms with Crippen LogP contribution in [0.4, 0.5) is 5.69 Å². The molecule has 0 bridgehead atoms. The van der Waals surface area contributed by atoms with Gasteiger partial charge in [-0.3, -0.25) is 13.9 Å². The Morgan fingerprint density at radius 2 is 1.51 bits per heavy atom. The Morgan fingerprint density at radius 1 is 0.907 bits per heavy atom. The average Bonchev–Trinajstić information content (AvgIpc) is 2.97. The first-order valence-electron chi connectivity index (χ1n) is 14.0. The third-order valence-electron chi connectivity index (χ3n) is 7.15. The number of hydrogen-bond donors (Lipinski definition) is 1. The van der Waals surface area contributed by atoms with Crippen LogP contribution in [0.2, 0.25) is 5.02 Å². The van der Waals surface area contributed by atoms with Crippen molar-refractivity contribution in [3.63, 3.8) is 0 Å². The number of carbonyl (C=O) groups is 2. The summed E-state index contributed by atoms with van der Waals surface area (Å²) in [6.45, 7) is 8.70. The Hall–Kier alpha value is -3.76. The Labute approximate surface area is 259 Å². The van der Waals surface area contributed by atoms with Gasteiger partial charge in [0.2, 0.25) is 11.8 Å². The molecular formula is C32H40ClN3O6S. The monoisotopic (exact) mass is 629 g/mol. The lowest BCUT2D eigenvalue weighted by molar-refractivity contribution is -0.139. The number of amides is 2. The van der Waals surface area contributed by atoms with Gasteiger partial charge in [0.15, 0.2) is 11.5 Å². The molecule has 0 saturated heterocycles. The number of methoxy groups -OCH3 is 2. The van der Waals surface area contributed by atoms with E-state index in [2.05, 4.69) is 5.32 Å². The Balaban J connectivity index is 2.10. The number of ether oxygens (including phenoxy) is 2. The topological polar surface area (TPSA) is 105 Å². The molecule has 0 heterocycles. The lowest BCUT2D eigenvalue weighted by Crippen LogP contribution is -2.52. The van der Waals surface area contributed by atoms with E-state index in [4.69, 9.17) is 21.1 Å². The zero-order valence-corrected chi connectivity index (χ0v) is 27.3. The van der Waals surface area contributed by atoms with Crippen molar-refractivity contribution in [2.45, 2.75) is 64.6 Å². The van der Waals surface area contributed by atoms with Gasteiger partial charge in [-0.2, -0.15) is 0 Å². The van der Waals surface area contributed by atoms with Crippen LogP contribution in [0.3, 0.4) is 0 Å². The van der Waals surface area contributed by atoms with Crippen LogP contribution in [0.25, 0.3) is 0 Å². The van der Waals surface area contributed by atoms with Gasteiger partial charge in [0.05, 0.1) is 24.8 Å². The number of aryl methyl sites for hydroxylation is 2. The summed E-state index contributed by atoms with van der Waals surface area (Å²) in [7, 11) is -1.41. The van der Waals surface area contributed by atoms with Gasteiger partial charge >= 0.3 is 0 Å². The van der Waals surface area contributed by atoms with Gasteiger partial charge in [0.1, 0.15) is 12.6 Å². The maximum Gasteiger partial charge on any atom is 0.264 e. The van der Waals surface area contributed by atoms with Crippen molar-refractivity contribution < 1.29 is 27.5 Å². The Morgan fingerprint density at radius 3 is 2.07 bits per heavy atom. The van der Waals surface area contributed by atoms with E-state index < -0.39 is 28.5 Å². The second-order valence-electron chi connectivity index (χ2n) is 10.5. The highest BCUT2D eigenvalue weighted by molar-refractivity contribution is 7.92. The lowest BCUT2D eigenvalue weighted by atomic mass is 10.1. The fourth-order valence-electron chi connectivity index (χ4n) is 4.56. The van der Waals surface area contributed by atoms with Gasteiger partial charge in [0.25, 0.3) is 10.0 Å². The van der Waals surface area contributed by atoms with E-state index in [0.29, 0.717) is 22.9 Å². The largest absolute Gasteiger partial charge is 0.493 e. The first kappa shape index (κ1) is 33.7. The van der Waals surface area contributed by atoms with Gasteiger partial charge < -0.3 is 19.7 Å². The molecule has 1 N–H and O–H groups in total. The molecule has 3 aromatic carbocycles. The number of sulfonamides is 1. The highest BCUT2D eigenvalue weighted by Crippen LogP contribution is 2.33. The second kappa shape index (κ2) is 14.6. The smallest absolute Gasteiger partial charge is 0.264 e. The maximum absolute atomic E-state index is 14.2. The zero-order chi connectivity index (χ0) is 31.9. The van der Waals surface area contributed by atoms with Crippen molar-refractivity contribution in [3.05, 3.63) is 82.4 Å². The lowest BCUT2D eigenvalue weighted by Gasteiger charge is -2.32. The van der Waals surface area contributed by atoms with E-state index in [1.807, 2.05) is 33.8 Å². The van der Waals surface area contributed by atoms with Gasteiger partial charge in [-0.05, 0) is 87.2 Å². The highest BCUT2D eigenvalue weighted by atomic mass is 35.5. The molecule has 3 aromatic rings. The van der Waals surface area contributed by atoms with Crippen LogP contribution < -0.4 is 19.1 Å². The first-order chi connectivity index (χ1) is 20.3.